The summed E-state index contributed by atoms with van der Waals surface area (Å²) in [6, 6.07) is -0.270. The molecule has 2 heterocycles. The third-order valence-corrected chi connectivity index (χ3v) is 4.56. The molecule has 0 unspecified atom stereocenters. The summed E-state index contributed by atoms with van der Waals surface area (Å²) >= 11 is 1.52. The Kier molecular flexibility index (Phi) is 3.29. The van der Waals surface area contributed by atoms with Crippen molar-refractivity contribution in [2.75, 3.05) is 26.0 Å². The van der Waals surface area contributed by atoms with Crippen molar-refractivity contribution in [3.8, 4) is 0 Å². The van der Waals surface area contributed by atoms with Crippen molar-refractivity contribution >= 4 is 21.4 Å². The van der Waals surface area contributed by atoms with Crippen LogP contribution in [0, 0.1) is 6.92 Å². The van der Waals surface area contributed by atoms with Crippen molar-refractivity contribution in [3.63, 3.8) is 0 Å². The number of ether oxygens (including phenoxy) is 1. The van der Waals surface area contributed by atoms with Gasteiger partial charge >= 0.3 is 0 Å². The van der Waals surface area contributed by atoms with Crippen molar-refractivity contribution in [2.24, 2.45) is 0 Å². The van der Waals surface area contributed by atoms with Gasteiger partial charge in [-0.3, -0.25) is 0 Å². The number of nitrogens with zero attached hydrogens (tertiary/aromatic N) is 2. The number of hydrogen-bond donors (Lipinski definition) is 0. The van der Waals surface area contributed by atoms with E-state index in [0.717, 1.165) is 10.7 Å². The molecule has 1 aromatic heterocycles. The lowest BCUT2D eigenvalue weighted by Gasteiger charge is -2.32. The average Bonchev–Trinajstić information content (AvgIpc) is 2.64. The van der Waals surface area contributed by atoms with E-state index in [4.69, 9.17) is 4.74 Å². The van der Waals surface area contributed by atoms with Gasteiger partial charge in [-0.2, -0.15) is 4.31 Å². The van der Waals surface area contributed by atoms with Crippen LogP contribution in [0.25, 0.3) is 0 Å². The molecule has 90 valence electrons. The van der Waals surface area contributed by atoms with E-state index in [1.165, 1.54) is 21.9 Å². The first kappa shape index (κ1) is 12.0. The van der Waals surface area contributed by atoms with Crippen LogP contribution >= 0.6 is 11.3 Å². The fourth-order valence-electron chi connectivity index (χ4n) is 1.75. The quantitative estimate of drug-likeness (QED) is 0.790. The Hall–Kier alpha value is -0.500. The highest BCUT2D eigenvalue weighted by Gasteiger charge is 2.32. The van der Waals surface area contributed by atoms with E-state index in [-0.39, 0.29) is 6.04 Å². The zero-order valence-electron chi connectivity index (χ0n) is 9.21. The van der Waals surface area contributed by atoms with Crippen molar-refractivity contribution < 1.29 is 13.2 Å². The molecule has 5 nitrogen and oxygen atoms in total. The van der Waals surface area contributed by atoms with E-state index in [9.17, 15) is 8.42 Å². The topological polar surface area (TPSA) is 59.5 Å². The molecule has 1 fully saturated rings. The van der Waals surface area contributed by atoms with Gasteiger partial charge in [-0.1, -0.05) is 0 Å². The summed E-state index contributed by atoms with van der Waals surface area (Å²) in [4.78, 5) is 4.33. The molecule has 1 atom stereocenters. The van der Waals surface area contributed by atoms with Gasteiger partial charge in [-0.25, -0.2) is 13.4 Å². The van der Waals surface area contributed by atoms with Gasteiger partial charge in [0.25, 0.3) is 0 Å². The predicted octanol–water partition coefficient (Wildman–Crippen LogP) is 0.784. The van der Waals surface area contributed by atoms with Crippen molar-refractivity contribution in [3.05, 3.63) is 16.1 Å². The Morgan fingerprint density at radius 3 is 2.94 bits per heavy atom. The number of sulfonamides is 1. The van der Waals surface area contributed by atoms with Crippen LogP contribution in [0.2, 0.25) is 0 Å². The second-order valence-electron chi connectivity index (χ2n) is 3.76. The molecule has 0 spiro atoms. The number of rotatable bonds is 2. The van der Waals surface area contributed by atoms with Crippen molar-refractivity contribution in [1.29, 1.82) is 0 Å². The van der Waals surface area contributed by atoms with E-state index < -0.39 is 10.0 Å². The van der Waals surface area contributed by atoms with Crippen molar-refractivity contribution in [2.45, 2.75) is 13.0 Å². The SMILES string of the molecule is Cc1nc([C@H]2COCCN2S(C)(=O)=O)cs1. The summed E-state index contributed by atoms with van der Waals surface area (Å²) < 4.78 is 30.0. The van der Waals surface area contributed by atoms with Crippen LogP contribution in [0.15, 0.2) is 5.38 Å². The number of hydrogen-bond acceptors (Lipinski definition) is 5. The van der Waals surface area contributed by atoms with E-state index in [0.29, 0.717) is 19.8 Å². The van der Waals surface area contributed by atoms with Gasteiger partial charge in [0.2, 0.25) is 10.0 Å². The minimum atomic E-state index is -3.20. The maximum Gasteiger partial charge on any atom is 0.211 e. The van der Waals surface area contributed by atoms with Crippen LogP contribution in [0.5, 0.6) is 0 Å². The molecule has 0 radical (unpaired) electrons. The van der Waals surface area contributed by atoms with Gasteiger partial charge in [0.05, 0.1) is 36.2 Å². The Morgan fingerprint density at radius 2 is 2.38 bits per heavy atom. The van der Waals surface area contributed by atoms with Gasteiger partial charge in [0.1, 0.15) is 0 Å². The highest BCUT2D eigenvalue weighted by Crippen LogP contribution is 2.27. The van der Waals surface area contributed by atoms with Crippen molar-refractivity contribution in [1.82, 2.24) is 9.29 Å². The number of thiazole rings is 1. The number of morpholine rings is 1. The molecule has 1 aliphatic heterocycles. The lowest BCUT2D eigenvalue weighted by molar-refractivity contribution is 0.0311. The van der Waals surface area contributed by atoms with Crippen LogP contribution in [0.3, 0.4) is 0 Å². The third-order valence-electron chi connectivity index (χ3n) is 2.48. The maximum absolute atomic E-state index is 11.6. The van der Waals surface area contributed by atoms with Crippen LogP contribution in [0.1, 0.15) is 16.7 Å². The highest BCUT2D eigenvalue weighted by atomic mass is 32.2. The average molecular weight is 262 g/mol. The minimum Gasteiger partial charge on any atom is -0.378 e. The molecule has 1 aromatic rings. The molecule has 1 saturated heterocycles. The fourth-order valence-corrected chi connectivity index (χ4v) is 3.45. The molecule has 0 aromatic carbocycles. The minimum absolute atomic E-state index is 0.270. The monoisotopic (exact) mass is 262 g/mol. The molecule has 2 rings (SSSR count). The van der Waals surface area contributed by atoms with Gasteiger partial charge < -0.3 is 4.74 Å². The molecule has 16 heavy (non-hydrogen) atoms. The number of aromatic nitrogens is 1. The zero-order chi connectivity index (χ0) is 11.8. The van der Waals surface area contributed by atoms with Crippen LogP contribution in [-0.4, -0.2) is 43.7 Å². The van der Waals surface area contributed by atoms with E-state index in [2.05, 4.69) is 4.98 Å². The fraction of sp³-hybridized carbons (Fsp3) is 0.667. The summed E-state index contributed by atoms with van der Waals surface area (Å²) in [5.41, 5.74) is 0.785. The molecule has 1 aliphatic rings. The van der Waals surface area contributed by atoms with E-state index >= 15 is 0 Å². The summed E-state index contributed by atoms with van der Waals surface area (Å²) in [6.07, 6.45) is 1.23. The second kappa shape index (κ2) is 4.40. The first-order chi connectivity index (χ1) is 7.48. The smallest absolute Gasteiger partial charge is 0.211 e. The standard InChI is InChI=1S/C9H14N2O3S2/c1-7-10-8(6-15-7)9-5-14-4-3-11(9)16(2,12)13/h6,9H,3-5H2,1-2H3/t9-/m1/s1. The molecule has 0 bridgehead atoms. The largest absolute Gasteiger partial charge is 0.378 e. The summed E-state index contributed by atoms with van der Waals surface area (Å²) in [5, 5.41) is 2.83. The van der Waals surface area contributed by atoms with E-state index in [1.807, 2.05) is 12.3 Å². The lowest BCUT2D eigenvalue weighted by Crippen LogP contribution is -2.42. The highest BCUT2D eigenvalue weighted by molar-refractivity contribution is 7.88. The Balaban J connectivity index is 2.30. The second-order valence-corrected chi connectivity index (χ2v) is 6.75. The lowest BCUT2D eigenvalue weighted by atomic mass is 10.2. The van der Waals surface area contributed by atoms with Gasteiger partial charge in [0, 0.05) is 11.9 Å². The van der Waals surface area contributed by atoms with Crippen LogP contribution in [-0.2, 0) is 14.8 Å². The molecule has 0 N–H and O–H groups in total. The third kappa shape index (κ3) is 2.42. The molecular weight excluding hydrogens is 248 g/mol. The zero-order valence-corrected chi connectivity index (χ0v) is 10.8. The summed E-state index contributed by atoms with van der Waals surface area (Å²) in [6.45, 7) is 3.14. The first-order valence-corrected chi connectivity index (χ1v) is 7.68. The molecule has 7 heteroatoms. The van der Waals surface area contributed by atoms with Crippen LogP contribution < -0.4 is 0 Å². The van der Waals surface area contributed by atoms with Gasteiger partial charge in [-0.15, -0.1) is 11.3 Å². The first-order valence-electron chi connectivity index (χ1n) is 4.95. The summed E-state index contributed by atoms with van der Waals surface area (Å²) in [5.74, 6) is 0. The summed E-state index contributed by atoms with van der Waals surface area (Å²) in [7, 11) is -3.20. The van der Waals surface area contributed by atoms with Gasteiger partial charge in [0.15, 0.2) is 0 Å². The van der Waals surface area contributed by atoms with Crippen LogP contribution in [0.4, 0.5) is 0 Å². The molecule has 0 saturated carbocycles. The maximum atomic E-state index is 11.6. The number of aryl methyl sites for hydroxylation is 1. The van der Waals surface area contributed by atoms with Gasteiger partial charge in [-0.05, 0) is 6.92 Å². The predicted molar refractivity (Wildman–Crippen MR) is 62.0 cm³/mol. The molecule has 0 aliphatic carbocycles. The van der Waals surface area contributed by atoms with E-state index in [1.54, 1.807) is 0 Å². The Morgan fingerprint density at radius 1 is 1.62 bits per heavy atom. The normalized spacial score (nSPS) is 23.5. The molecule has 0 amide bonds. The Labute approximate surface area is 99.1 Å². The Bertz CT molecular complexity index is 469. The molecular formula is C9H14N2O3S2.